The molecule has 1 aromatic heterocycles. The Morgan fingerprint density at radius 2 is 2.44 bits per heavy atom. The van der Waals surface area contributed by atoms with E-state index in [2.05, 4.69) is 24.3 Å². The number of nitrogens with zero attached hydrogens (tertiary/aromatic N) is 1. The van der Waals surface area contributed by atoms with Crippen molar-refractivity contribution in [3.05, 3.63) is 17.5 Å². The fourth-order valence-electron chi connectivity index (χ4n) is 2.15. The molecule has 6 nitrogen and oxygen atoms in total. The largest absolute Gasteiger partial charge is 0.476 e. The summed E-state index contributed by atoms with van der Waals surface area (Å²) in [5.41, 5.74) is -0.164. The molecule has 2 rings (SSSR count). The van der Waals surface area contributed by atoms with E-state index in [9.17, 15) is 4.79 Å². The molecule has 2 heterocycles. The number of aromatic nitrogens is 1. The normalized spacial score (nSPS) is 22.9. The first-order valence-corrected chi connectivity index (χ1v) is 6.02. The Labute approximate surface area is 105 Å². The van der Waals surface area contributed by atoms with Gasteiger partial charge in [-0.3, -0.25) is 0 Å². The van der Waals surface area contributed by atoms with Crippen molar-refractivity contribution >= 4 is 5.97 Å². The molecule has 1 aromatic rings. The van der Waals surface area contributed by atoms with Crippen LogP contribution in [-0.2, 0) is 11.3 Å². The maximum atomic E-state index is 10.6. The third-order valence-corrected chi connectivity index (χ3v) is 3.04. The number of hydrogen-bond acceptors (Lipinski definition) is 5. The summed E-state index contributed by atoms with van der Waals surface area (Å²) in [6.07, 6.45) is 1.87. The van der Waals surface area contributed by atoms with Crippen LogP contribution in [0.2, 0.25) is 0 Å². The second kappa shape index (κ2) is 5.07. The van der Waals surface area contributed by atoms with Crippen LogP contribution in [0.5, 0.6) is 0 Å². The molecule has 100 valence electrons. The Kier molecular flexibility index (Phi) is 3.68. The molecule has 0 bridgehead atoms. The Bertz CT molecular complexity index is 427. The van der Waals surface area contributed by atoms with E-state index >= 15 is 0 Å². The van der Waals surface area contributed by atoms with Gasteiger partial charge in [0.2, 0.25) is 0 Å². The lowest BCUT2D eigenvalue weighted by atomic mass is 9.94. The van der Waals surface area contributed by atoms with Gasteiger partial charge in [-0.1, -0.05) is 5.16 Å². The van der Waals surface area contributed by atoms with E-state index in [1.165, 1.54) is 6.07 Å². The van der Waals surface area contributed by atoms with E-state index in [0.717, 1.165) is 19.4 Å². The van der Waals surface area contributed by atoms with Gasteiger partial charge in [0.1, 0.15) is 0 Å². The predicted molar refractivity (Wildman–Crippen MR) is 63.4 cm³/mol. The fraction of sp³-hybridized carbons (Fsp3) is 0.667. The predicted octanol–water partition coefficient (Wildman–Crippen LogP) is 1.42. The smallest absolute Gasteiger partial charge is 0.358 e. The second-order valence-corrected chi connectivity index (χ2v) is 5.16. The van der Waals surface area contributed by atoms with Crippen LogP contribution in [0.15, 0.2) is 10.6 Å². The van der Waals surface area contributed by atoms with E-state index < -0.39 is 5.97 Å². The summed E-state index contributed by atoms with van der Waals surface area (Å²) >= 11 is 0. The first kappa shape index (κ1) is 13.0. The number of ether oxygens (including phenoxy) is 1. The van der Waals surface area contributed by atoms with Crippen molar-refractivity contribution < 1.29 is 19.2 Å². The molecule has 0 aromatic carbocycles. The van der Waals surface area contributed by atoms with Gasteiger partial charge < -0.3 is 19.7 Å². The number of carboxylic acid groups (broad SMARTS) is 1. The highest BCUT2D eigenvalue weighted by Crippen LogP contribution is 2.24. The zero-order valence-corrected chi connectivity index (χ0v) is 10.6. The number of aromatic carboxylic acids is 1. The molecule has 2 N–H and O–H groups in total. The zero-order chi connectivity index (χ0) is 13.2. The average molecular weight is 254 g/mol. The van der Waals surface area contributed by atoms with E-state index in [0.29, 0.717) is 18.3 Å². The Balaban J connectivity index is 1.85. The molecule has 0 aliphatic carbocycles. The Morgan fingerprint density at radius 1 is 1.67 bits per heavy atom. The zero-order valence-electron chi connectivity index (χ0n) is 10.6. The molecule has 1 aliphatic rings. The van der Waals surface area contributed by atoms with Crippen LogP contribution in [-0.4, -0.2) is 34.5 Å². The van der Waals surface area contributed by atoms with E-state index in [4.69, 9.17) is 14.4 Å². The molecule has 1 aliphatic heterocycles. The van der Waals surface area contributed by atoms with Gasteiger partial charge >= 0.3 is 5.97 Å². The maximum absolute atomic E-state index is 10.6. The van der Waals surface area contributed by atoms with Crippen LogP contribution in [0.3, 0.4) is 0 Å². The van der Waals surface area contributed by atoms with E-state index in [1.54, 1.807) is 0 Å². The molecule has 1 unspecified atom stereocenters. The minimum Gasteiger partial charge on any atom is -0.476 e. The topological polar surface area (TPSA) is 84.6 Å². The highest BCUT2D eigenvalue weighted by atomic mass is 16.5. The van der Waals surface area contributed by atoms with E-state index in [1.807, 2.05) is 0 Å². The molecular formula is C12H18N2O4. The summed E-state index contributed by atoms with van der Waals surface area (Å²) < 4.78 is 10.6. The van der Waals surface area contributed by atoms with Gasteiger partial charge in [0.15, 0.2) is 11.5 Å². The van der Waals surface area contributed by atoms with Crippen LogP contribution < -0.4 is 5.32 Å². The number of carboxylic acids is 1. The molecular weight excluding hydrogens is 236 g/mol. The summed E-state index contributed by atoms with van der Waals surface area (Å²) in [4.78, 5) is 10.6. The molecule has 18 heavy (non-hydrogen) atoms. The van der Waals surface area contributed by atoms with E-state index in [-0.39, 0.29) is 11.3 Å². The molecule has 0 amide bonds. The van der Waals surface area contributed by atoms with Gasteiger partial charge in [-0.25, -0.2) is 4.79 Å². The van der Waals surface area contributed by atoms with Crippen LogP contribution in [0.25, 0.3) is 0 Å². The summed E-state index contributed by atoms with van der Waals surface area (Å²) in [5, 5.41) is 15.5. The van der Waals surface area contributed by atoms with Crippen molar-refractivity contribution in [3.8, 4) is 0 Å². The molecule has 6 heteroatoms. The molecule has 0 radical (unpaired) electrons. The molecule has 1 fully saturated rings. The van der Waals surface area contributed by atoms with Crippen LogP contribution in [0, 0.1) is 0 Å². The van der Waals surface area contributed by atoms with Gasteiger partial charge in [-0.05, 0) is 26.7 Å². The highest BCUT2D eigenvalue weighted by molar-refractivity contribution is 5.85. The summed E-state index contributed by atoms with van der Waals surface area (Å²) in [7, 11) is 0. The van der Waals surface area contributed by atoms with Gasteiger partial charge in [-0.15, -0.1) is 0 Å². The maximum Gasteiger partial charge on any atom is 0.358 e. The SMILES string of the molecule is CC1(C)CC(NCc2cc(C(=O)O)no2)CCO1. The molecule has 0 spiro atoms. The second-order valence-electron chi connectivity index (χ2n) is 5.16. The van der Waals surface area contributed by atoms with Crippen molar-refractivity contribution in [1.82, 2.24) is 10.5 Å². The fourth-order valence-corrected chi connectivity index (χ4v) is 2.15. The van der Waals surface area contributed by atoms with Gasteiger partial charge in [-0.2, -0.15) is 0 Å². The Hall–Kier alpha value is -1.40. The van der Waals surface area contributed by atoms with Crippen molar-refractivity contribution in [3.63, 3.8) is 0 Å². The number of rotatable bonds is 4. The minimum absolute atomic E-state index is 0.0564. The van der Waals surface area contributed by atoms with Crippen LogP contribution in [0.1, 0.15) is 42.9 Å². The van der Waals surface area contributed by atoms with Crippen LogP contribution >= 0.6 is 0 Å². The van der Waals surface area contributed by atoms with Crippen molar-refractivity contribution in [1.29, 1.82) is 0 Å². The number of hydrogen-bond donors (Lipinski definition) is 2. The molecule has 1 atom stereocenters. The summed E-state index contributed by atoms with van der Waals surface area (Å²) in [6.45, 7) is 5.36. The first-order valence-electron chi connectivity index (χ1n) is 6.02. The highest BCUT2D eigenvalue weighted by Gasteiger charge is 2.28. The summed E-state index contributed by atoms with van der Waals surface area (Å²) in [5.74, 6) is -0.533. The number of carbonyl (C=O) groups is 1. The van der Waals surface area contributed by atoms with Crippen molar-refractivity contribution in [2.45, 2.75) is 44.9 Å². The molecule has 1 saturated heterocycles. The average Bonchev–Trinajstić information content (AvgIpc) is 2.74. The van der Waals surface area contributed by atoms with Gasteiger partial charge in [0.05, 0.1) is 12.1 Å². The third-order valence-electron chi connectivity index (χ3n) is 3.04. The van der Waals surface area contributed by atoms with Crippen molar-refractivity contribution in [2.75, 3.05) is 6.61 Å². The lowest BCUT2D eigenvalue weighted by molar-refractivity contribution is -0.0632. The summed E-state index contributed by atoms with van der Waals surface area (Å²) in [6, 6.07) is 1.80. The van der Waals surface area contributed by atoms with Crippen LogP contribution in [0.4, 0.5) is 0 Å². The number of nitrogens with one attached hydrogen (secondary N) is 1. The van der Waals surface area contributed by atoms with Gasteiger partial charge in [0.25, 0.3) is 0 Å². The lowest BCUT2D eigenvalue weighted by Gasteiger charge is -2.35. The quantitative estimate of drug-likeness (QED) is 0.845. The Morgan fingerprint density at radius 3 is 3.06 bits per heavy atom. The monoisotopic (exact) mass is 254 g/mol. The standard InChI is InChI=1S/C12H18N2O4/c1-12(2)6-8(3-4-17-12)13-7-9-5-10(11(15)16)14-18-9/h5,8,13H,3-4,6-7H2,1-2H3,(H,15,16). The first-order chi connectivity index (χ1) is 8.46. The van der Waals surface area contributed by atoms with Gasteiger partial charge in [0, 0.05) is 18.7 Å². The lowest BCUT2D eigenvalue weighted by Crippen LogP contribution is -2.43. The third kappa shape index (κ3) is 3.30. The molecule has 0 saturated carbocycles. The van der Waals surface area contributed by atoms with Crippen molar-refractivity contribution in [2.24, 2.45) is 0 Å². The minimum atomic E-state index is -1.07.